The van der Waals surface area contributed by atoms with Crippen molar-refractivity contribution in [2.24, 2.45) is 0 Å². The number of nitrogens with one attached hydrogen (secondary N) is 1. The van der Waals surface area contributed by atoms with Crippen LogP contribution < -0.4 is 5.32 Å². The number of rotatable bonds is 3. The Hall–Kier alpha value is -1.90. The molecule has 1 nitrogen and oxygen atoms in total. The summed E-state index contributed by atoms with van der Waals surface area (Å²) in [6.07, 6.45) is 0. The van der Waals surface area contributed by atoms with Crippen LogP contribution in [0.15, 0.2) is 42.5 Å². The first-order valence-corrected chi connectivity index (χ1v) is 5.41. The van der Waals surface area contributed by atoms with Gasteiger partial charge in [0.25, 0.3) is 0 Å². The van der Waals surface area contributed by atoms with E-state index in [4.69, 9.17) is 0 Å². The molecule has 17 heavy (non-hydrogen) atoms. The van der Waals surface area contributed by atoms with Gasteiger partial charge in [-0.15, -0.1) is 0 Å². The Morgan fingerprint density at radius 1 is 0.941 bits per heavy atom. The third-order valence-electron chi connectivity index (χ3n) is 2.69. The van der Waals surface area contributed by atoms with Crippen LogP contribution in [0.5, 0.6) is 0 Å². The molecule has 1 N–H and O–H groups in total. The maximum Gasteiger partial charge on any atom is 0.128 e. The minimum atomic E-state index is -0.261. The first kappa shape index (κ1) is 11.6. The van der Waals surface area contributed by atoms with Crippen LogP contribution in [-0.4, -0.2) is 0 Å². The summed E-state index contributed by atoms with van der Waals surface area (Å²) in [5.41, 5.74) is 1.80. The van der Waals surface area contributed by atoms with Crippen LogP contribution in [-0.2, 0) is 6.54 Å². The van der Waals surface area contributed by atoms with Crippen LogP contribution in [0.4, 0.5) is 14.5 Å². The van der Waals surface area contributed by atoms with Crippen molar-refractivity contribution in [2.75, 3.05) is 5.32 Å². The molecule has 2 rings (SSSR count). The standard InChI is InChI=1S/C14H13F2N/c1-10-12(15)7-4-8-14(10)17-9-11-5-2-3-6-13(11)16/h2-8,17H,9H2,1H3. The zero-order chi connectivity index (χ0) is 12.3. The van der Waals surface area contributed by atoms with E-state index in [2.05, 4.69) is 5.32 Å². The Labute approximate surface area is 99.1 Å². The van der Waals surface area contributed by atoms with Gasteiger partial charge in [0.1, 0.15) is 11.6 Å². The second-order valence-corrected chi connectivity index (χ2v) is 3.86. The average molecular weight is 233 g/mol. The van der Waals surface area contributed by atoms with Gasteiger partial charge >= 0.3 is 0 Å². The molecule has 0 aliphatic rings. The van der Waals surface area contributed by atoms with E-state index < -0.39 is 0 Å². The normalized spacial score (nSPS) is 10.3. The molecule has 0 aliphatic heterocycles. The lowest BCUT2D eigenvalue weighted by Crippen LogP contribution is -2.03. The van der Waals surface area contributed by atoms with E-state index in [0.29, 0.717) is 23.4 Å². The van der Waals surface area contributed by atoms with Crippen molar-refractivity contribution in [1.82, 2.24) is 0 Å². The molecule has 0 aliphatic carbocycles. The van der Waals surface area contributed by atoms with Gasteiger partial charge in [0.15, 0.2) is 0 Å². The van der Waals surface area contributed by atoms with Crippen molar-refractivity contribution >= 4 is 5.69 Å². The molecule has 0 aromatic heterocycles. The SMILES string of the molecule is Cc1c(F)cccc1NCc1ccccc1F. The van der Waals surface area contributed by atoms with Crippen molar-refractivity contribution in [2.45, 2.75) is 13.5 Å². The van der Waals surface area contributed by atoms with Gasteiger partial charge in [-0.05, 0) is 25.1 Å². The minimum absolute atomic E-state index is 0.256. The molecule has 2 aromatic carbocycles. The summed E-state index contributed by atoms with van der Waals surface area (Å²) in [6.45, 7) is 2.04. The van der Waals surface area contributed by atoms with Gasteiger partial charge in [0.05, 0.1) is 0 Å². The molecule has 3 heteroatoms. The summed E-state index contributed by atoms with van der Waals surface area (Å²) in [5, 5.41) is 3.03. The smallest absolute Gasteiger partial charge is 0.128 e. The molecular weight excluding hydrogens is 220 g/mol. The largest absolute Gasteiger partial charge is 0.381 e. The molecule has 0 atom stereocenters. The Balaban J connectivity index is 2.13. The van der Waals surface area contributed by atoms with E-state index in [0.717, 1.165) is 0 Å². The summed E-state index contributed by atoms with van der Waals surface area (Å²) in [4.78, 5) is 0. The monoisotopic (exact) mass is 233 g/mol. The molecule has 0 bridgehead atoms. The number of benzene rings is 2. The van der Waals surface area contributed by atoms with Crippen molar-refractivity contribution in [3.05, 3.63) is 65.2 Å². The van der Waals surface area contributed by atoms with Gasteiger partial charge in [-0.25, -0.2) is 8.78 Å². The zero-order valence-electron chi connectivity index (χ0n) is 9.50. The number of hydrogen-bond acceptors (Lipinski definition) is 1. The summed E-state index contributed by atoms with van der Waals surface area (Å²) in [6, 6.07) is 11.4. The zero-order valence-corrected chi connectivity index (χ0v) is 9.50. The van der Waals surface area contributed by atoms with Gasteiger partial charge in [-0.2, -0.15) is 0 Å². The fourth-order valence-corrected chi connectivity index (χ4v) is 1.63. The Bertz CT molecular complexity index is 523. The van der Waals surface area contributed by atoms with Crippen molar-refractivity contribution in [3.63, 3.8) is 0 Å². The Morgan fingerprint density at radius 2 is 1.65 bits per heavy atom. The quantitative estimate of drug-likeness (QED) is 0.848. The molecular formula is C14H13F2N. The first-order chi connectivity index (χ1) is 8.18. The minimum Gasteiger partial charge on any atom is -0.381 e. The predicted molar refractivity (Wildman–Crippen MR) is 64.9 cm³/mol. The van der Waals surface area contributed by atoms with Crippen LogP contribution in [0.3, 0.4) is 0 Å². The summed E-state index contributed by atoms with van der Waals surface area (Å²) in [7, 11) is 0. The van der Waals surface area contributed by atoms with E-state index in [1.807, 2.05) is 0 Å². The molecule has 88 valence electrons. The van der Waals surface area contributed by atoms with Gasteiger partial charge in [-0.3, -0.25) is 0 Å². The lowest BCUT2D eigenvalue weighted by atomic mass is 10.1. The molecule has 0 heterocycles. The lowest BCUT2D eigenvalue weighted by Gasteiger charge is -2.10. The molecule has 0 spiro atoms. The highest BCUT2D eigenvalue weighted by Gasteiger charge is 2.04. The third kappa shape index (κ3) is 2.61. The van der Waals surface area contributed by atoms with Crippen LogP contribution in [0, 0.1) is 18.6 Å². The first-order valence-electron chi connectivity index (χ1n) is 5.41. The van der Waals surface area contributed by atoms with Gasteiger partial charge in [0, 0.05) is 23.4 Å². The topological polar surface area (TPSA) is 12.0 Å². The van der Waals surface area contributed by atoms with Crippen molar-refractivity contribution < 1.29 is 8.78 Å². The van der Waals surface area contributed by atoms with E-state index >= 15 is 0 Å². The lowest BCUT2D eigenvalue weighted by molar-refractivity contribution is 0.612. The highest BCUT2D eigenvalue weighted by Crippen LogP contribution is 2.18. The number of halogens is 2. The maximum absolute atomic E-state index is 13.4. The second kappa shape index (κ2) is 4.95. The number of anilines is 1. The molecule has 0 fully saturated rings. The number of hydrogen-bond donors (Lipinski definition) is 1. The summed E-state index contributed by atoms with van der Waals surface area (Å²) >= 11 is 0. The van der Waals surface area contributed by atoms with E-state index in [1.54, 1.807) is 37.3 Å². The van der Waals surface area contributed by atoms with E-state index in [-0.39, 0.29) is 11.6 Å². The molecule has 0 unspecified atom stereocenters. The molecule has 0 radical (unpaired) electrons. The van der Waals surface area contributed by atoms with Crippen LogP contribution in [0.1, 0.15) is 11.1 Å². The van der Waals surface area contributed by atoms with Gasteiger partial charge in [-0.1, -0.05) is 24.3 Å². The van der Waals surface area contributed by atoms with Gasteiger partial charge < -0.3 is 5.32 Å². The van der Waals surface area contributed by atoms with Crippen molar-refractivity contribution in [1.29, 1.82) is 0 Å². The average Bonchev–Trinajstić information content (AvgIpc) is 2.33. The molecule has 0 amide bonds. The molecule has 2 aromatic rings. The third-order valence-corrected chi connectivity index (χ3v) is 2.69. The summed E-state index contributed by atoms with van der Waals surface area (Å²) < 4.78 is 26.6. The van der Waals surface area contributed by atoms with Crippen molar-refractivity contribution in [3.8, 4) is 0 Å². The Morgan fingerprint density at radius 3 is 2.41 bits per heavy atom. The summed E-state index contributed by atoms with van der Waals surface area (Å²) in [5.74, 6) is -0.516. The predicted octanol–water partition coefficient (Wildman–Crippen LogP) is 3.89. The highest BCUT2D eigenvalue weighted by atomic mass is 19.1. The Kier molecular flexibility index (Phi) is 3.38. The maximum atomic E-state index is 13.4. The van der Waals surface area contributed by atoms with Gasteiger partial charge in [0.2, 0.25) is 0 Å². The molecule has 0 saturated carbocycles. The molecule has 0 saturated heterocycles. The second-order valence-electron chi connectivity index (χ2n) is 3.86. The van der Waals surface area contributed by atoms with Crippen LogP contribution >= 0.6 is 0 Å². The fraction of sp³-hybridized carbons (Fsp3) is 0.143. The van der Waals surface area contributed by atoms with Crippen LogP contribution in [0.2, 0.25) is 0 Å². The fourth-order valence-electron chi connectivity index (χ4n) is 1.63. The van der Waals surface area contributed by atoms with E-state index in [9.17, 15) is 8.78 Å². The van der Waals surface area contributed by atoms with Crippen LogP contribution in [0.25, 0.3) is 0 Å². The van der Waals surface area contributed by atoms with E-state index in [1.165, 1.54) is 12.1 Å². The highest BCUT2D eigenvalue weighted by molar-refractivity contribution is 5.51.